The van der Waals surface area contributed by atoms with Gasteiger partial charge in [-0.25, -0.2) is 4.98 Å². The van der Waals surface area contributed by atoms with Crippen molar-refractivity contribution in [3.05, 3.63) is 57.2 Å². The molecule has 2 amide bonds. The van der Waals surface area contributed by atoms with Crippen molar-refractivity contribution in [2.24, 2.45) is 17.3 Å². The number of hydrogen-bond acceptors (Lipinski definition) is 4. The fraction of sp³-hybridized carbons (Fsp3) is 0.536. The van der Waals surface area contributed by atoms with Crippen molar-refractivity contribution in [3.8, 4) is 0 Å². The van der Waals surface area contributed by atoms with E-state index in [1.165, 1.54) is 0 Å². The van der Waals surface area contributed by atoms with Crippen molar-refractivity contribution < 1.29 is 9.59 Å². The number of anilines is 1. The minimum absolute atomic E-state index is 0.0417. The number of piperidine rings is 1. The molecule has 5 rings (SSSR count). The molecule has 3 heterocycles. The number of rotatable bonds is 6. The summed E-state index contributed by atoms with van der Waals surface area (Å²) in [5.74, 6) is 1.58. The minimum Gasteiger partial charge on any atom is -0.359 e. The van der Waals surface area contributed by atoms with Gasteiger partial charge in [-0.3, -0.25) is 9.59 Å². The number of halogens is 3. The zero-order valence-corrected chi connectivity index (χ0v) is 23.6. The van der Waals surface area contributed by atoms with Gasteiger partial charge in [0.15, 0.2) is 0 Å². The number of likely N-dealkylation sites (tertiary alicyclic amines) is 2. The van der Waals surface area contributed by atoms with E-state index < -0.39 is 0 Å². The van der Waals surface area contributed by atoms with E-state index in [9.17, 15) is 9.59 Å². The highest BCUT2D eigenvalue weighted by Crippen LogP contribution is 2.47. The van der Waals surface area contributed by atoms with Gasteiger partial charge >= 0.3 is 0 Å². The van der Waals surface area contributed by atoms with Crippen LogP contribution in [-0.4, -0.2) is 66.4 Å². The lowest BCUT2D eigenvalue weighted by molar-refractivity contribution is -0.142. The van der Waals surface area contributed by atoms with Gasteiger partial charge in [0.2, 0.25) is 11.8 Å². The van der Waals surface area contributed by atoms with Crippen LogP contribution in [0.1, 0.15) is 44.1 Å². The predicted molar refractivity (Wildman–Crippen MR) is 148 cm³/mol. The number of aromatic nitrogens is 1. The van der Waals surface area contributed by atoms with Crippen LogP contribution < -0.4 is 4.90 Å². The van der Waals surface area contributed by atoms with Crippen molar-refractivity contribution in [3.63, 3.8) is 0 Å². The van der Waals surface area contributed by atoms with Gasteiger partial charge in [0, 0.05) is 69.1 Å². The van der Waals surface area contributed by atoms with Gasteiger partial charge in [-0.05, 0) is 55.5 Å². The average molecular weight is 564 g/mol. The lowest BCUT2D eigenvalue weighted by atomic mass is 9.88. The number of carbonyl (C=O) groups is 2. The third-order valence-corrected chi connectivity index (χ3v) is 9.35. The van der Waals surface area contributed by atoms with E-state index in [1.807, 2.05) is 47.2 Å². The van der Waals surface area contributed by atoms with Crippen LogP contribution in [0.4, 0.5) is 5.82 Å². The van der Waals surface area contributed by atoms with E-state index in [2.05, 4.69) is 16.8 Å². The highest BCUT2D eigenvalue weighted by atomic mass is 35.5. The summed E-state index contributed by atoms with van der Waals surface area (Å²) in [5.41, 5.74) is 0.933. The fourth-order valence-corrected chi connectivity index (χ4v) is 6.19. The molecule has 1 aliphatic carbocycles. The SMILES string of the molecule is CN(C[C@H]1CN(C(=O)C2CCN(C(=O)C3(C)CC3)CC2)C[C@@H]1c1ccc(Cl)c(Cl)c1)c1ccc(Cl)cn1. The number of nitrogens with zero attached hydrogens (tertiary/aromatic N) is 4. The molecule has 2 saturated heterocycles. The maximum absolute atomic E-state index is 13.7. The van der Waals surface area contributed by atoms with E-state index in [0.717, 1.165) is 43.6 Å². The summed E-state index contributed by atoms with van der Waals surface area (Å²) in [6, 6.07) is 9.52. The molecule has 198 valence electrons. The highest BCUT2D eigenvalue weighted by molar-refractivity contribution is 6.42. The summed E-state index contributed by atoms with van der Waals surface area (Å²) in [5, 5.41) is 1.65. The van der Waals surface area contributed by atoms with Gasteiger partial charge in [0.25, 0.3) is 0 Å². The van der Waals surface area contributed by atoms with Crippen molar-refractivity contribution in [1.82, 2.24) is 14.8 Å². The summed E-state index contributed by atoms with van der Waals surface area (Å²) in [6.45, 7) is 5.43. The van der Waals surface area contributed by atoms with E-state index in [4.69, 9.17) is 34.8 Å². The van der Waals surface area contributed by atoms with Crippen LogP contribution >= 0.6 is 34.8 Å². The van der Waals surface area contributed by atoms with Gasteiger partial charge in [-0.1, -0.05) is 47.8 Å². The molecule has 2 aliphatic heterocycles. The number of carbonyl (C=O) groups excluding carboxylic acids is 2. The predicted octanol–water partition coefficient (Wildman–Crippen LogP) is 5.76. The topological polar surface area (TPSA) is 56.8 Å². The summed E-state index contributed by atoms with van der Waals surface area (Å²) in [4.78, 5) is 37.0. The molecule has 37 heavy (non-hydrogen) atoms. The quantitative estimate of drug-likeness (QED) is 0.449. The Morgan fingerprint density at radius 1 is 1.03 bits per heavy atom. The second-order valence-electron chi connectivity index (χ2n) is 11.1. The molecular formula is C28H33Cl3N4O2. The number of amides is 2. The molecule has 1 aromatic heterocycles. The smallest absolute Gasteiger partial charge is 0.228 e. The van der Waals surface area contributed by atoms with Crippen LogP contribution in [0.3, 0.4) is 0 Å². The molecule has 9 heteroatoms. The molecule has 3 fully saturated rings. The van der Waals surface area contributed by atoms with E-state index in [-0.39, 0.29) is 35.0 Å². The molecular weight excluding hydrogens is 531 g/mol. The zero-order chi connectivity index (χ0) is 26.3. The molecule has 6 nitrogen and oxygen atoms in total. The second-order valence-corrected chi connectivity index (χ2v) is 12.4. The van der Waals surface area contributed by atoms with Crippen molar-refractivity contribution >= 4 is 52.4 Å². The number of pyridine rings is 1. The van der Waals surface area contributed by atoms with Gasteiger partial charge in [-0.15, -0.1) is 0 Å². The molecule has 0 unspecified atom stereocenters. The Kier molecular flexibility index (Phi) is 7.63. The summed E-state index contributed by atoms with van der Waals surface area (Å²) in [6.07, 6.45) is 5.07. The fourth-order valence-electron chi connectivity index (χ4n) is 5.77. The zero-order valence-electron chi connectivity index (χ0n) is 21.3. The summed E-state index contributed by atoms with van der Waals surface area (Å²) < 4.78 is 0. The first-order chi connectivity index (χ1) is 17.6. The molecule has 0 bridgehead atoms. The molecule has 0 radical (unpaired) electrons. The van der Waals surface area contributed by atoms with E-state index in [1.54, 1.807) is 6.20 Å². The monoisotopic (exact) mass is 562 g/mol. The van der Waals surface area contributed by atoms with Crippen LogP contribution in [-0.2, 0) is 9.59 Å². The Labute approximate surface area is 233 Å². The second kappa shape index (κ2) is 10.6. The normalized spacial score (nSPS) is 23.3. The van der Waals surface area contributed by atoms with Gasteiger partial charge in [-0.2, -0.15) is 0 Å². The standard InChI is InChI=1S/C28H33Cl3N4O2/c1-28(9-10-28)27(37)34-11-7-18(8-12-34)26(36)35-16-20(15-33(2)25-6-4-21(29)14-32-25)22(17-35)19-3-5-23(30)24(31)13-19/h3-6,13-14,18,20,22H,7-12,15-17H2,1-2H3/t20-,22+/m0/s1. The maximum Gasteiger partial charge on any atom is 0.228 e. The van der Waals surface area contributed by atoms with Crippen LogP contribution in [0, 0.1) is 17.3 Å². The van der Waals surface area contributed by atoms with E-state index in [0.29, 0.717) is 41.2 Å². The molecule has 3 aliphatic rings. The molecule has 1 saturated carbocycles. The Hall–Kier alpha value is -2.02. The first kappa shape index (κ1) is 26.6. The van der Waals surface area contributed by atoms with Crippen molar-refractivity contribution in [2.75, 3.05) is 44.7 Å². The highest BCUT2D eigenvalue weighted by Gasteiger charge is 2.48. The molecule has 0 N–H and O–H groups in total. The summed E-state index contributed by atoms with van der Waals surface area (Å²) >= 11 is 18.6. The Balaban J connectivity index is 1.29. The van der Waals surface area contributed by atoms with Crippen LogP contribution in [0.25, 0.3) is 0 Å². The first-order valence-corrected chi connectivity index (χ1v) is 14.1. The van der Waals surface area contributed by atoms with Crippen molar-refractivity contribution in [1.29, 1.82) is 0 Å². The first-order valence-electron chi connectivity index (χ1n) is 13.0. The Morgan fingerprint density at radius 2 is 1.76 bits per heavy atom. The van der Waals surface area contributed by atoms with Gasteiger partial charge in [0.1, 0.15) is 5.82 Å². The van der Waals surface area contributed by atoms with E-state index >= 15 is 0 Å². The maximum atomic E-state index is 13.7. The minimum atomic E-state index is -0.156. The molecule has 2 aromatic rings. The van der Waals surface area contributed by atoms with Crippen LogP contribution in [0.5, 0.6) is 0 Å². The lowest BCUT2D eigenvalue weighted by Gasteiger charge is -2.34. The largest absolute Gasteiger partial charge is 0.359 e. The van der Waals surface area contributed by atoms with Gasteiger partial charge < -0.3 is 14.7 Å². The summed E-state index contributed by atoms with van der Waals surface area (Å²) in [7, 11) is 2.01. The molecule has 2 atom stereocenters. The average Bonchev–Trinajstić information content (AvgIpc) is 3.52. The third kappa shape index (κ3) is 5.71. The third-order valence-electron chi connectivity index (χ3n) is 8.38. The van der Waals surface area contributed by atoms with Crippen molar-refractivity contribution in [2.45, 2.75) is 38.5 Å². The Bertz CT molecular complexity index is 1160. The van der Waals surface area contributed by atoms with Crippen LogP contribution in [0.15, 0.2) is 36.5 Å². The number of hydrogen-bond donors (Lipinski definition) is 0. The van der Waals surface area contributed by atoms with Gasteiger partial charge in [0.05, 0.1) is 15.1 Å². The van der Waals surface area contributed by atoms with Crippen LogP contribution in [0.2, 0.25) is 15.1 Å². The lowest BCUT2D eigenvalue weighted by Crippen LogP contribution is -2.46. The Morgan fingerprint density at radius 3 is 2.38 bits per heavy atom. The molecule has 1 aromatic carbocycles. The molecule has 0 spiro atoms. The number of benzene rings is 1.